The summed E-state index contributed by atoms with van der Waals surface area (Å²) in [6.45, 7) is 3.76. The van der Waals surface area contributed by atoms with E-state index in [2.05, 4.69) is 0 Å². The third-order valence-corrected chi connectivity index (χ3v) is 3.29. The van der Waals surface area contributed by atoms with Gasteiger partial charge >= 0.3 is 0 Å². The third kappa shape index (κ3) is 3.02. The quantitative estimate of drug-likeness (QED) is 0.373. The fourth-order valence-corrected chi connectivity index (χ4v) is 1.91. The summed E-state index contributed by atoms with van der Waals surface area (Å²) in [7, 11) is 0. The Labute approximate surface area is 121 Å². The molecule has 21 heavy (non-hydrogen) atoms. The van der Waals surface area contributed by atoms with E-state index >= 15 is 0 Å². The van der Waals surface area contributed by atoms with Crippen molar-refractivity contribution in [2.24, 2.45) is 0 Å². The SMILES string of the molecule is Cc1ccc(C(=O)C(=O)c2cccc([N+](=O)[O-])c2)cc1C. The third-order valence-electron chi connectivity index (χ3n) is 3.29. The first-order valence-electron chi connectivity index (χ1n) is 6.31. The number of hydrogen-bond acceptors (Lipinski definition) is 4. The number of benzene rings is 2. The van der Waals surface area contributed by atoms with Gasteiger partial charge in [0.1, 0.15) is 0 Å². The van der Waals surface area contributed by atoms with Gasteiger partial charge in [-0.25, -0.2) is 0 Å². The van der Waals surface area contributed by atoms with Crippen molar-refractivity contribution in [3.05, 3.63) is 74.8 Å². The molecule has 2 rings (SSSR count). The second-order valence-electron chi connectivity index (χ2n) is 4.76. The van der Waals surface area contributed by atoms with Crippen LogP contribution in [0.15, 0.2) is 42.5 Å². The molecule has 0 bridgehead atoms. The number of non-ortho nitro benzene ring substituents is 1. The van der Waals surface area contributed by atoms with Crippen molar-refractivity contribution >= 4 is 17.3 Å². The Hall–Kier alpha value is -2.82. The molecule has 0 atom stereocenters. The van der Waals surface area contributed by atoms with E-state index in [0.717, 1.165) is 17.2 Å². The number of Topliss-reactive ketones (excluding diaryl/α,β-unsaturated/α-hetero) is 2. The lowest BCUT2D eigenvalue weighted by Gasteiger charge is -2.04. The van der Waals surface area contributed by atoms with Crippen LogP contribution in [-0.2, 0) is 0 Å². The molecule has 0 amide bonds. The first-order valence-corrected chi connectivity index (χ1v) is 6.31. The molecule has 0 spiro atoms. The molecule has 2 aromatic carbocycles. The highest BCUT2D eigenvalue weighted by Gasteiger charge is 2.20. The van der Waals surface area contributed by atoms with Crippen molar-refractivity contribution in [2.45, 2.75) is 13.8 Å². The van der Waals surface area contributed by atoms with Crippen LogP contribution in [0.4, 0.5) is 5.69 Å². The molecular formula is C16H13NO4. The number of hydrogen-bond donors (Lipinski definition) is 0. The molecule has 0 heterocycles. The first-order chi connectivity index (χ1) is 9.90. The smallest absolute Gasteiger partial charge is 0.270 e. The maximum absolute atomic E-state index is 12.2. The van der Waals surface area contributed by atoms with Crippen molar-refractivity contribution in [2.75, 3.05) is 0 Å². The molecule has 0 aliphatic carbocycles. The van der Waals surface area contributed by atoms with Crippen LogP contribution in [0.3, 0.4) is 0 Å². The van der Waals surface area contributed by atoms with E-state index in [1.54, 1.807) is 18.2 Å². The number of aryl methyl sites for hydroxylation is 2. The van der Waals surface area contributed by atoms with E-state index in [4.69, 9.17) is 0 Å². The van der Waals surface area contributed by atoms with Gasteiger partial charge in [0, 0.05) is 23.3 Å². The maximum atomic E-state index is 12.2. The second-order valence-corrected chi connectivity index (χ2v) is 4.76. The molecule has 0 aliphatic rings. The van der Waals surface area contributed by atoms with E-state index in [1.165, 1.54) is 18.2 Å². The van der Waals surface area contributed by atoms with E-state index in [0.29, 0.717) is 0 Å². The van der Waals surface area contributed by atoms with Crippen molar-refractivity contribution < 1.29 is 14.5 Å². The van der Waals surface area contributed by atoms with Crippen LogP contribution >= 0.6 is 0 Å². The van der Waals surface area contributed by atoms with E-state index in [9.17, 15) is 19.7 Å². The van der Waals surface area contributed by atoms with Gasteiger partial charge in [-0.05, 0) is 31.0 Å². The summed E-state index contributed by atoms with van der Waals surface area (Å²) in [5, 5.41) is 10.7. The van der Waals surface area contributed by atoms with Crippen LogP contribution < -0.4 is 0 Å². The van der Waals surface area contributed by atoms with Gasteiger partial charge in [-0.1, -0.05) is 24.3 Å². The minimum Gasteiger partial charge on any atom is -0.285 e. The monoisotopic (exact) mass is 283 g/mol. The highest BCUT2D eigenvalue weighted by atomic mass is 16.6. The van der Waals surface area contributed by atoms with Crippen molar-refractivity contribution in [1.82, 2.24) is 0 Å². The van der Waals surface area contributed by atoms with Crippen molar-refractivity contribution in [3.8, 4) is 0 Å². The number of carbonyl (C=O) groups excluding carboxylic acids is 2. The second kappa shape index (κ2) is 5.66. The summed E-state index contributed by atoms with van der Waals surface area (Å²) < 4.78 is 0. The fraction of sp³-hybridized carbons (Fsp3) is 0.125. The minimum atomic E-state index is -0.748. The summed E-state index contributed by atoms with van der Waals surface area (Å²) >= 11 is 0. The number of carbonyl (C=O) groups is 2. The fourth-order valence-electron chi connectivity index (χ4n) is 1.91. The Bertz CT molecular complexity index is 750. The van der Waals surface area contributed by atoms with Crippen LogP contribution in [0.5, 0.6) is 0 Å². The van der Waals surface area contributed by atoms with Gasteiger partial charge < -0.3 is 0 Å². The molecule has 0 saturated carbocycles. The molecule has 0 unspecified atom stereocenters. The van der Waals surface area contributed by atoms with Crippen LogP contribution in [0.2, 0.25) is 0 Å². The van der Waals surface area contributed by atoms with Gasteiger partial charge in [0.2, 0.25) is 11.6 Å². The lowest BCUT2D eigenvalue weighted by molar-refractivity contribution is -0.384. The lowest BCUT2D eigenvalue weighted by Crippen LogP contribution is -2.15. The molecule has 0 aliphatic heterocycles. The summed E-state index contributed by atoms with van der Waals surface area (Å²) in [4.78, 5) is 34.4. The normalized spacial score (nSPS) is 10.2. The first kappa shape index (κ1) is 14.6. The Morgan fingerprint density at radius 2 is 1.52 bits per heavy atom. The van der Waals surface area contributed by atoms with Gasteiger partial charge in [-0.2, -0.15) is 0 Å². The molecule has 0 saturated heterocycles. The molecule has 0 N–H and O–H groups in total. The van der Waals surface area contributed by atoms with Crippen LogP contribution in [0.25, 0.3) is 0 Å². The summed E-state index contributed by atoms with van der Waals surface area (Å²) in [6.07, 6.45) is 0. The molecule has 5 nitrogen and oxygen atoms in total. The molecule has 106 valence electrons. The zero-order valence-electron chi connectivity index (χ0n) is 11.6. The van der Waals surface area contributed by atoms with Crippen molar-refractivity contribution in [1.29, 1.82) is 0 Å². The van der Waals surface area contributed by atoms with Crippen molar-refractivity contribution in [3.63, 3.8) is 0 Å². The summed E-state index contributed by atoms with van der Waals surface area (Å²) in [5.74, 6) is -1.42. The van der Waals surface area contributed by atoms with Gasteiger partial charge in [0.15, 0.2) is 0 Å². The molecule has 5 heteroatoms. The summed E-state index contributed by atoms with van der Waals surface area (Å²) in [5.41, 5.74) is 2.03. The number of nitrogens with zero attached hydrogens (tertiary/aromatic N) is 1. The standard InChI is InChI=1S/C16H13NO4/c1-10-6-7-13(8-11(10)2)16(19)15(18)12-4-3-5-14(9-12)17(20)21/h3-9H,1-2H3. The minimum absolute atomic E-state index is 0.0208. The average Bonchev–Trinajstić information content (AvgIpc) is 2.48. The number of nitro benzene ring substituents is 1. The van der Waals surface area contributed by atoms with Gasteiger partial charge in [-0.3, -0.25) is 19.7 Å². The topological polar surface area (TPSA) is 77.3 Å². The zero-order chi connectivity index (χ0) is 15.6. The number of nitro groups is 1. The van der Waals surface area contributed by atoms with Crippen LogP contribution in [-0.4, -0.2) is 16.5 Å². The number of rotatable bonds is 4. The number of ketones is 2. The molecular weight excluding hydrogens is 270 g/mol. The maximum Gasteiger partial charge on any atom is 0.270 e. The molecule has 0 fully saturated rings. The lowest BCUT2D eigenvalue weighted by atomic mass is 9.98. The van der Waals surface area contributed by atoms with E-state index in [1.807, 2.05) is 13.8 Å². The van der Waals surface area contributed by atoms with Gasteiger partial charge in [0.25, 0.3) is 5.69 Å². The molecule has 2 aromatic rings. The average molecular weight is 283 g/mol. The van der Waals surface area contributed by atoms with E-state index in [-0.39, 0.29) is 16.8 Å². The van der Waals surface area contributed by atoms with Gasteiger partial charge in [-0.15, -0.1) is 0 Å². The van der Waals surface area contributed by atoms with Gasteiger partial charge in [0.05, 0.1) is 4.92 Å². The van der Waals surface area contributed by atoms with Crippen LogP contribution in [0.1, 0.15) is 31.8 Å². The Balaban J connectivity index is 2.35. The highest BCUT2D eigenvalue weighted by molar-refractivity contribution is 6.49. The predicted octanol–water partition coefficient (Wildman–Crippen LogP) is 3.28. The van der Waals surface area contributed by atoms with Crippen LogP contribution in [0, 0.1) is 24.0 Å². The van der Waals surface area contributed by atoms with E-state index < -0.39 is 16.5 Å². The highest BCUT2D eigenvalue weighted by Crippen LogP contribution is 2.16. The molecule has 0 aromatic heterocycles. The predicted molar refractivity (Wildman–Crippen MR) is 77.7 cm³/mol. The largest absolute Gasteiger partial charge is 0.285 e. The Kier molecular flexibility index (Phi) is 3.93. The summed E-state index contributed by atoms with van der Waals surface area (Å²) in [6, 6.07) is 10.2. The Morgan fingerprint density at radius 3 is 2.10 bits per heavy atom. The zero-order valence-corrected chi connectivity index (χ0v) is 11.6. The Morgan fingerprint density at radius 1 is 0.905 bits per heavy atom. The molecule has 0 radical (unpaired) electrons.